The molecule has 6 nitrogen and oxygen atoms in total. The molecule has 0 aromatic carbocycles. The van der Waals surface area contributed by atoms with Gasteiger partial charge in [0.1, 0.15) is 0 Å². The molecule has 8 heteroatoms. The Morgan fingerprint density at radius 1 is 0.848 bits per heavy atom. The quantitative estimate of drug-likeness (QED) is 0.169. The van der Waals surface area contributed by atoms with Crippen molar-refractivity contribution in [3.05, 3.63) is 23.3 Å². The van der Waals surface area contributed by atoms with E-state index in [-0.39, 0.29) is 40.7 Å². The normalized spacial score (nSPS) is 30.8. The standard InChI is InChI=1S/C38H70O6Si2/c1-27(26-40-34(39)35(2,3)4)32-21-22-33-29(24-31(25-38(32,33)11)42-46(14,15)44-37(8,9)10)20-19-28-17-16-18-30(23-28)41-45(12,13)43-36(5,6)7/h19-20,27,30-33H,16-18,21-26H2,1-15H3/t27-,30+,31?,32+,33?,38+/m0/s1. The summed E-state index contributed by atoms with van der Waals surface area (Å²) in [5, 5.41) is 0. The number of hydrogen-bond donors (Lipinski definition) is 0. The zero-order valence-corrected chi connectivity index (χ0v) is 34.4. The topological polar surface area (TPSA) is 63.2 Å². The van der Waals surface area contributed by atoms with Crippen LogP contribution in [0.2, 0.25) is 26.2 Å². The maximum absolute atomic E-state index is 12.6. The van der Waals surface area contributed by atoms with E-state index < -0.39 is 22.5 Å². The molecule has 3 fully saturated rings. The van der Waals surface area contributed by atoms with Crippen LogP contribution in [0.1, 0.15) is 128 Å². The SMILES string of the molecule is C[C@@H](COC(=O)C(C)(C)C)[C@H]1CCC2C(=CC=C3CCC[C@@H](O[Si](C)(C)OC(C)(C)C)C3)CC(O[Si](C)(C)OC(C)(C)C)C[C@@]21C. The number of allylic oxidation sites excluding steroid dienone is 2. The van der Waals surface area contributed by atoms with Crippen LogP contribution in [0.5, 0.6) is 0 Å². The number of rotatable bonds is 10. The first-order chi connectivity index (χ1) is 20.8. The van der Waals surface area contributed by atoms with Crippen LogP contribution in [0.25, 0.3) is 0 Å². The van der Waals surface area contributed by atoms with Crippen molar-refractivity contribution in [3.63, 3.8) is 0 Å². The molecule has 46 heavy (non-hydrogen) atoms. The molecule has 0 aromatic heterocycles. The van der Waals surface area contributed by atoms with Crippen LogP contribution in [-0.4, -0.2) is 53.1 Å². The van der Waals surface area contributed by atoms with Gasteiger partial charge in [0.05, 0.1) is 35.4 Å². The number of carbonyl (C=O) groups excluding carboxylic acids is 1. The van der Waals surface area contributed by atoms with Gasteiger partial charge in [0, 0.05) is 0 Å². The Morgan fingerprint density at radius 3 is 1.96 bits per heavy atom. The van der Waals surface area contributed by atoms with Gasteiger partial charge in [0.2, 0.25) is 0 Å². The summed E-state index contributed by atoms with van der Waals surface area (Å²) in [6, 6.07) is 0. The average Bonchev–Trinajstić information content (AvgIpc) is 3.18. The van der Waals surface area contributed by atoms with Gasteiger partial charge in [-0.25, -0.2) is 0 Å². The molecule has 6 atom stereocenters. The molecular formula is C38H70O6Si2. The van der Waals surface area contributed by atoms with Gasteiger partial charge in [0.25, 0.3) is 0 Å². The van der Waals surface area contributed by atoms with E-state index in [1.54, 1.807) is 0 Å². The van der Waals surface area contributed by atoms with Crippen LogP contribution < -0.4 is 0 Å². The summed E-state index contributed by atoms with van der Waals surface area (Å²) >= 11 is 0. The smallest absolute Gasteiger partial charge is 0.332 e. The number of carbonyl (C=O) groups is 1. The Balaban J connectivity index is 1.85. The molecule has 266 valence electrons. The van der Waals surface area contributed by atoms with E-state index in [0.717, 1.165) is 44.9 Å². The minimum Gasteiger partial charge on any atom is -0.465 e. The monoisotopic (exact) mass is 678 g/mol. The Kier molecular flexibility index (Phi) is 12.6. The molecule has 3 aliphatic carbocycles. The lowest BCUT2D eigenvalue weighted by atomic mass is 9.60. The molecule has 0 spiro atoms. The van der Waals surface area contributed by atoms with Crippen molar-refractivity contribution in [3.8, 4) is 0 Å². The fourth-order valence-electron chi connectivity index (χ4n) is 8.73. The van der Waals surface area contributed by atoms with E-state index in [0.29, 0.717) is 18.4 Å². The van der Waals surface area contributed by atoms with E-state index in [1.807, 2.05) is 20.8 Å². The Hall–Kier alpha value is -0.776. The van der Waals surface area contributed by atoms with Crippen LogP contribution in [-0.2, 0) is 27.2 Å². The van der Waals surface area contributed by atoms with Crippen LogP contribution in [0.3, 0.4) is 0 Å². The maximum atomic E-state index is 12.6. The summed E-state index contributed by atoms with van der Waals surface area (Å²) in [5.41, 5.74) is 2.15. The predicted molar refractivity (Wildman–Crippen MR) is 194 cm³/mol. The molecular weight excluding hydrogens is 609 g/mol. The second-order valence-corrected chi connectivity index (χ2v) is 25.3. The van der Waals surface area contributed by atoms with E-state index in [4.69, 9.17) is 22.4 Å². The van der Waals surface area contributed by atoms with Crippen LogP contribution in [0, 0.1) is 28.6 Å². The summed E-state index contributed by atoms with van der Waals surface area (Å²) in [4.78, 5) is 12.6. The number of ether oxygens (including phenoxy) is 1. The van der Waals surface area contributed by atoms with Gasteiger partial charge in [-0.2, -0.15) is 0 Å². The zero-order valence-electron chi connectivity index (χ0n) is 32.4. The Morgan fingerprint density at radius 2 is 1.41 bits per heavy atom. The second-order valence-electron chi connectivity index (χ2n) is 18.8. The number of fused-ring (bicyclic) bond motifs is 1. The van der Waals surface area contributed by atoms with Crippen LogP contribution >= 0.6 is 0 Å². The van der Waals surface area contributed by atoms with Crippen molar-refractivity contribution in [1.29, 1.82) is 0 Å². The van der Waals surface area contributed by atoms with E-state index in [1.165, 1.54) is 17.6 Å². The van der Waals surface area contributed by atoms with Gasteiger partial charge in [-0.1, -0.05) is 37.1 Å². The average molecular weight is 679 g/mol. The third kappa shape index (κ3) is 11.7. The first-order valence-electron chi connectivity index (χ1n) is 18.1. The van der Waals surface area contributed by atoms with Gasteiger partial charge in [-0.3, -0.25) is 4.79 Å². The number of hydrogen-bond acceptors (Lipinski definition) is 6. The minimum absolute atomic E-state index is 0.0746. The highest BCUT2D eigenvalue weighted by molar-refractivity contribution is 6.65. The molecule has 3 aliphatic rings. The largest absolute Gasteiger partial charge is 0.465 e. The van der Waals surface area contributed by atoms with E-state index in [2.05, 4.69) is 93.7 Å². The van der Waals surface area contributed by atoms with Crippen molar-refractivity contribution in [2.45, 2.75) is 177 Å². The summed E-state index contributed by atoms with van der Waals surface area (Å²) in [6.45, 7) is 32.5. The van der Waals surface area contributed by atoms with Gasteiger partial charge >= 0.3 is 23.1 Å². The maximum Gasteiger partial charge on any atom is 0.332 e. The molecule has 2 unspecified atom stereocenters. The molecule has 3 saturated carbocycles. The fourth-order valence-corrected chi connectivity index (χ4v) is 13.8. The van der Waals surface area contributed by atoms with Crippen molar-refractivity contribution >= 4 is 23.1 Å². The third-order valence-corrected chi connectivity index (χ3v) is 13.8. The van der Waals surface area contributed by atoms with E-state index >= 15 is 0 Å². The van der Waals surface area contributed by atoms with Crippen LogP contribution in [0.4, 0.5) is 0 Å². The van der Waals surface area contributed by atoms with Gasteiger partial charge in [0.15, 0.2) is 0 Å². The summed E-state index contributed by atoms with van der Waals surface area (Å²) in [7, 11) is -4.60. The van der Waals surface area contributed by atoms with Crippen molar-refractivity contribution in [1.82, 2.24) is 0 Å². The summed E-state index contributed by atoms with van der Waals surface area (Å²) in [6.07, 6.45) is 13.9. The molecule has 0 N–H and O–H groups in total. The van der Waals surface area contributed by atoms with Gasteiger partial charge in [-0.05, 0) is 163 Å². The number of esters is 1. The predicted octanol–water partition coefficient (Wildman–Crippen LogP) is 10.3. The van der Waals surface area contributed by atoms with Crippen molar-refractivity contribution in [2.24, 2.45) is 28.6 Å². The third-order valence-electron chi connectivity index (χ3n) is 9.82. The Labute approximate surface area is 285 Å². The minimum atomic E-state index is -2.37. The molecule has 3 rings (SSSR count). The van der Waals surface area contributed by atoms with Crippen LogP contribution in [0.15, 0.2) is 23.3 Å². The molecule has 0 heterocycles. The highest BCUT2D eigenvalue weighted by Gasteiger charge is 2.54. The summed E-state index contributed by atoms with van der Waals surface area (Å²) in [5.74, 6) is 1.14. The van der Waals surface area contributed by atoms with Crippen molar-refractivity contribution in [2.75, 3.05) is 6.61 Å². The first kappa shape index (κ1) is 39.7. The summed E-state index contributed by atoms with van der Waals surface area (Å²) < 4.78 is 32.4. The molecule has 0 amide bonds. The first-order valence-corrected chi connectivity index (χ1v) is 23.7. The van der Waals surface area contributed by atoms with Gasteiger partial charge < -0.3 is 22.4 Å². The fraction of sp³-hybridized carbons (Fsp3) is 0.868. The molecule has 0 saturated heterocycles. The molecule has 0 bridgehead atoms. The zero-order chi connectivity index (χ0) is 34.9. The van der Waals surface area contributed by atoms with Gasteiger partial charge in [-0.15, -0.1) is 0 Å². The lowest BCUT2D eigenvalue weighted by molar-refractivity contribution is -0.155. The molecule has 0 aromatic rings. The lowest BCUT2D eigenvalue weighted by Crippen LogP contribution is -2.49. The Bertz CT molecular complexity index is 1110. The highest BCUT2D eigenvalue weighted by Crippen LogP contribution is 2.60. The van der Waals surface area contributed by atoms with Crippen molar-refractivity contribution < 1.29 is 27.2 Å². The molecule has 0 radical (unpaired) electrons. The molecule has 0 aliphatic heterocycles. The highest BCUT2D eigenvalue weighted by atomic mass is 28.4. The lowest BCUT2D eigenvalue weighted by Gasteiger charge is -2.48. The second kappa shape index (κ2) is 14.6. The van der Waals surface area contributed by atoms with E-state index in [9.17, 15) is 4.79 Å².